The van der Waals surface area contributed by atoms with Crippen LogP contribution in [-0.2, 0) is 0 Å². The third-order valence-electron chi connectivity index (χ3n) is 3.19. The molecule has 0 aliphatic heterocycles. The standard InChI is InChI=1S/C15H17FN4O3S/c1-7(24-2)23-12-4-3-8(16)5-9(12)11-6-10(13(17)21)14(19-11)20-15(18)22/h3-7,19H,1-2H3,(H2,17,21)(H3,18,20,22). The summed E-state index contributed by atoms with van der Waals surface area (Å²) in [5, 5.41) is 2.27. The van der Waals surface area contributed by atoms with E-state index in [1.165, 1.54) is 36.0 Å². The number of urea groups is 1. The molecule has 128 valence electrons. The van der Waals surface area contributed by atoms with Gasteiger partial charge in [0, 0.05) is 5.56 Å². The SMILES string of the molecule is CSC(C)Oc1ccc(F)cc1-c1cc(C(N)=O)c(NC(N)=O)[nH]1. The number of anilines is 1. The Hall–Kier alpha value is -2.68. The molecule has 0 aliphatic carbocycles. The van der Waals surface area contributed by atoms with E-state index in [-0.39, 0.29) is 16.8 Å². The average molecular weight is 352 g/mol. The van der Waals surface area contributed by atoms with Crippen LogP contribution in [0.2, 0.25) is 0 Å². The Bertz CT molecular complexity index is 778. The number of aromatic nitrogens is 1. The first kappa shape index (κ1) is 17.7. The van der Waals surface area contributed by atoms with E-state index in [4.69, 9.17) is 16.2 Å². The van der Waals surface area contributed by atoms with Crippen molar-refractivity contribution in [3.05, 3.63) is 35.6 Å². The van der Waals surface area contributed by atoms with Crippen molar-refractivity contribution in [1.29, 1.82) is 0 Å². The van der Waals surface area contributed by atoms with Crippen LogP contribution in [-0.4, -0.2) is 28.6 Å². The van der Waals surface area contributed by atoms with Crippen molar-refractivity contribution in [2.45, 2.75) is 12.4 Å². The summed E-state index contributed by atoms with van der Waals surface area (Å²) in [7, 11) is 0. The Morgan fingerprint density at radius 3 is 2.62 bits per heavy atom. The molecule has 0 fully saturated rings. The second-order valence-electron chi connectivity index (χ2n) is 4.89. The summed E-state index contributed by atoms with van der Waals surface area (Å²) < 4.78 is 19.4. The van der Waals surface area contributed by atoms with Crippen LogP contribution in [0.1, 0.15) is 17.3 Å². The number of hydrogen-bond acceptors (Lipinski definition) is 4. The second kappa shape index (κ2) is 7.26. The summed E-state index contributed by atoms with van der Waals surface area (Å²) in [6.07, 6.45) is 1.88. The first-order valence-corrected chi connectivity index (χ1v) is 8.19. The molecule has 2 rings (SSSR count). The number of thioether (sulfide) groups is 1. The van der Waals surface area contributed by atoms with Gasteiger partial charge >= 0.3 is 6.03 Å². The number of nitrogens with two attached hydrogens (primary N) is 2. The van der Waals surface area contributed by atoms with Crippen molar-refractivity contribution < 1.29 is 18.7 Å². The quantitative estimate of drug-likeness (QED) is 0.596. The highest BCUT2D eigenvalue weighted by atomic mass is 32.2. The Morgan fingerprint density at radius 1 is 1.33 bits per heavy atom. The molecule has 9 heteroatoms. The zero-order valence-electron chi connectivity index (χ0n) is 13.1. The molecule has 1 aromatic heterocycles. The number of nitrogens with one attached hydrogen (secondary N) is 2. The highest BCUT2D eigenvalue weighted by molar-refractivity contribution is 7.99. The number of ether oxygens (including phenoxy) is 1. The van der Waals surface area contributed by atoms with E-state index in [9.17, 15) is 14.0 Å². The zero-order chi connectivity index (χ0) is 17.9. The lowest BCUT2D eigenvalue weighted by molar-refractivity contribution is 0.100. The molecule has 1 aromatic carbocycles. The molecule has 3 amide bonds. The highest BCUT2D eigenvalue weighted by Gasteiger charge is 2.18. The molecule has 24 heavy (non-hydrogen) atoms. The summed E-state index contributed by atoms with van der Waals surface area (Å²) in [4.78, 5) is 25.4. The van der Waals surface area contributed by atoms with Gasteiger partial charge in [-0.1, -0.05) is 0 Å². The Labute approximate surface area is 141 Å². The van der Waals surface area contributed by atoms with Gasteiger partial charge in [-0.15, -0.1) is 11.8 Å². The van der Waals surface area contributed by atoms with Crippen molar-refractivity contribution >= 4 is 29.5 Å². The topological polar surface area (TPSA) is 123 Å². The number of carbonyl (C=O) groups is 2. The number of aromatic amines is 1. The van der Waals surface area contributed by atoms with Gasteiger partial charge < -0.3 is 21.2 Å². The monoisotopic (exact) mass is 352 g/mol. The lowest BCUT2D eigenvalue weighted by atomic mass is 10.1. The molecule has 1 unspecified atom stereocenters. The van der Waals surface area contributed by atoms with E-state index in [2.05, 4.69) is 10.3 Å². The van der Waals surface area contributed by atoms with Gasteiger partial charge in [0.15, 0.2) is 0 Å². The fourth-order valence-corrected chi connectivity index (χ4v) is 2.26. The predicted octanol–water partition coefficient (Wildman–Crippen LogP) is 2.50. The van der Waals surface area contributed by atoms with Crippen molar-refractivity contribution in [1.82, 2.24) is 4.98 Å². The van der Waals surface area contributed by atoms with Gasteiger partial charge in [0.1, 0.15) is 22.8 Å². The van der Waals surface area contributed by atoms with E-state index in [0.717, 1.165) is 0 Å². The van der Waals surface area contributed by atoms with Gasteiger partial charge in [0.25, 0.3) is 5.91 Å². The lowest BCUT2D eigenvalue weighted by Gasteiger charge is -2.15. The van der Waals surface area contributed by atoms with Crippen molar-refractivity contribution in [3.63, 3.8) is 0 Å². The van der Waals surface area contributed by atoms with Gasteiger partial charge in [-0.05, 0) is 37.4 Å². The molecule has 2 aromatic rings. The maximum Gasteiger partial charge on any atom is 0.317 e. The molecule has 0 bridgehead atoms. The van der Waals surface area contributed by atoms with Crippen LogP contribution < -0.4 is 21.5 Å². The summed E-state index contributed by atoms with van der Waals surface area (Å²) in [6.45, 7) is 1.85. The number of amides is 3. The molecule has 1 heterocycles. The molecule has 0 aliphatic rings. The van der Waals surface area contributed by atoms with Crippen molar-refractivity contribution in [2.24, 2.45) is 11.5 Å². The molecule has 0 saturated carbocycles. The van der Waals surface area contributed by atoms with Gasteiger partial charge in [0.05, 0.1) is 11.3 Å². The zero-order valence-corrected chi connectivity index (χ0v) is 13.9. The van der Waals surface area contributed by atoms with E-state index < -0.39 is 17.8 Å². The summed E-state index contributed by atoms with van der Waals surface area (Å²) >= 11 is 1.48. The minimum absolute atomic E-state index is 0.0249. The fourth-order valence-electron chi connectivity index (χ4n) is 2.06. The Kier molecular flexibility index (Phi) is 5.35. The molecular weight excluding hydrogens is 335 g/mol. The number of carbonyl (C=O) groups excluding carboxylic acids is 2. The Balaban J connectivity index is 2.52. The minimum Gasteiger partial charge on any atom is -0.479 e. The fraction of sp³-hybridized carbons (Fsp3) is 0.200. The number of primary amides is 2. The Morgan fingerprint density at radius 2 is 2.04 bits per heavy atom. The molecule has 1 atom stereocenters. The number of hydrogen-bond donors (Lipinski definition) is 4. The molecule has 0 saturated heterocycles. The molecule has 7 nitrogen and oxygen atoms in total. The van der Waals surface area contributed by atoms with Crippen LogP contribution in [0.25, 0.3) is 11.3 Å². The molecule has 0 spiro atoms. The first-order valence-electron chi connectivity index (χ1n) is 6.90. The van der Waals surface area contributed by atoms with Gasteiger partial charge in [-0.25, -0.2) is 9.18 Å². The predicted molar refractivity (Wildman–Crippen MR) is 91.5 cm³/mol. The highest BCUT2D eigenvalue weighted by Crippen LogP contribution is 2.34. The second-order valence-corrected chi connectivity index (χ2v) is 6.02. The van der Waals surface area contributed by atoms with E-state index in [1.54, 1.807) is 0 Å². The molecule has 6 N–H and O–H groups in total. The summed E-state index contributed by atoms with van der Waals surface area (Å²) in [5.41, 5.74) is 11.0. The van der Waals surface area contributed by atoms with E-state index in [1.807, 2.05) is 13.2 Å². The maximum absolute atomic E-state index is 13.7. The third-order valence-corrected chi connectivity index (χ3v) is 3.95. The van der Waals surface area contributed by atoms with Gasteiger partial charge in [-0.3, -0.25) is 10.1 Å². The van der Waals surface area contributed by atoms with Gasteiger partial charge in [-0.2, -0.15) is 0 Å². The normalized spacial score (nSPS) is 11.8. The number of benzene rings is 1. The summed E-state index contributed by atoms with van der Waals surface area (Å²) in [5.74, 6) is -0.786. The van der Waals surface area contributed by atoms with Crippen LogP contribution in [0.4, 0.5) is 15.0 Å². The lowest BCUT2D eigenvalue weighted by Crippen LogP contribution is -2.22. The van der Waals surface area contributed by atoms with E-state index >= 15 is 0 Å². The summed E-state index contributed by atoms with van der Waals surface area (Å²) in [6, 6.07) is 4.56. The van der Waals surface area contributed by atoms with Crippen LogP contribution >= 0.6 is 11.8 Å². The number of H-pyrrole nitrogens is 1. The van der Waals surface area contributed by atoms with Crippen LogP contribution in [0.15, 0.2) is 24.3 Å². The largest absolute Gasteiger partial charge is 0.479 e. The van der Waals surface area contributed by atoms with Gasteiger partial charge in [0.2, 0.25) is 0 Å². The molecule has 0 radical (unpaired) electrons. The number of halogens is 1. The number of rotatable bonds is 6. The molecular formula is C15H17FN4O3S. The first-order chi connectivity index (χ1) is 11.3. The third kappa shape index (κ3) is 3.99. The van der Waals surface area contributed by atoms with Crippen molar-refractivity contribution in [2.75, 3.05) is 11.6 Å². The average Bonchev–Trinajstić information content (AvgIpc) is 2.92. The maximum atomic E-state index is 13.7. The van der Waals surface area contributed by atoms with Crippen LogP contribution in [0.3, 0.4) is 0 Å². The van der Waals surface area contributed by atoms with Crippen molar-refractivity contribution in [3.8, 4) is 17.0 Å². The minimum atomic E-state index is -0.863. The van der Waals surface area contributed by atoms with Crippen LogP contribution in [0.5, 0.6) is 5.75 Å². The van der Waals surface area contributed by atoms with E-state index in [0.29, 0.717) is 17.0 Å². The van der Waals surface area contributed by atoms with Crippen LogP contribution in [0, 0.1) is 5.82 Å². The smallest absolute Gasteiger partial charge is 0.317 e.